The van der Waals surface area contributed by atoms with Crippen molar-refractivity contribution >= 4 is 11.9 Å². The van der Waals surface area contributed by atoms with Gasteiger partial charge in [0, 0.05) is 0 Å². The summed E-state index contributed by atoms with van der Waals surface area (Å²) in [5, 5.41) is 0. The maximum atomic E-state index is 12.8. The highest BCUT2D eigenvalue weighted by Gasteiger charge is 2.49. The van der Waals surface area contributed by atoms with Crippen LogP contribution in [0.4, 0.5) is 4.79 Å². The molecular formula is C17H17N4O2+. The number of carbonyl (C=O) groups excluding carboxylic acids is 1. The van der Waals surface area contributed by atoms with Crippen molar-refractivity contribution in [3.8, 4) is 5.69 Å². The molecule has 0 radical (unpaired) electrons. The predicted molar refractivity (Wildman–Crippen MR) is 85.0 cm³/mol. The van der Waals surface area contributed by atoms with E-state index in [2.05, 4.69) is 23.0 Å². The lowest BCUT2D eigenvalue weighted by Gasteiger charge is -2.26. The Morgan fingerprint density at radius 3 is 3.13 bits per heavy atom. The third kappa shape index (κ3) is 1.82. The Balaban J connectivity index is 2.02. The van der Waals surface area contributed by atoms with Crippen LogP contribution in [0.5, 0.6) is 0 Å². The topological polar surface area (TPSA) is 56.5 Å². The molecule has 6 heteroatoms. The van der Waals surface area contributed by atoms with Crippen LogP contribution < -0.4 is 0 Å². The SMILES string of the molecule is CCOC(=O)[N+]12C=CN=C1c1cccc(C)c1-n1cncc1C2. The van der Waals surface area contributed by atoms with Gasteiger partial charge in [0.15, 0.2) is 0 Å². The molecule has 2 aliphatic rings. The molecule has 0 saturated heterocycles. The second-order valence-electron chi connectivity index (χ2n) is 5.70. The molecule has 0 spiro atoms. The zero-order chi connectivity index (χ0) is 16.0. The molecule has 1 atom stereocenters. The molecule has 4 rings (SSSR count). The number of rotatable bonds is 1. The fourth-order valence-electron chi connectivity index (χ4n) is 3.31. The average molecular weight is 309 g/mol. The van der Waals surface area contributed by atoms with Crippen LogP contribution in [0.25, 0.3) is 5.69 Å². The second-order valence-corrected chi connectivity index (χ2v) is 5.70. The van der Waals surface area contributed by atoms with Gasteiger partial charge in [-0.25, -0.2) is 4.98 Å². The van der Waals surface area contributed by atoms with Gasteiger partial charge in [-0.1, -0.05) is 12.1 Å². The summed E-state index contributed by atoms with van der Waals surface area (Å²) < 4.78 is 7.33. The molecule has 2 aliphatic heterocycles. The normalized spacial score (nSPS) is 21.0. The molecule has 1 aromatic heterocycles. The number of hydrogen-bond acceptors (Lipinski definition) is 4. The first kappa shape index (κ1) is 13.9. The third-order valence-electron chi connectivity index (χ3n) is 4.34. The number of aliphatic imine (C=N–C) groups is 1. The van der Waals surface area contributed by atoms with E-state index in [-0.39, 0.29) is 10.6 Å². The average Bonchev–Trinajstić information content (AvgIpc) is 3.14. The molecule has 0 saturated carbocycles. The molecular weight excluding hydrogens is 292 g/mol. The first-order valence-electron chi connectivity index (χ1n) is 7.60. The summed E-state index contributed by atoms with van der Waals surface area (Å²) in [4.78, 5) is 21.6. The Hall–Kier alpha value is -2.73. The number of quaternary nitrogens is 1. The Kier molecular flexibility index (Phi) is 2.96. The Bertz CT molecular complexity index is 865. The van der Waals surface area contributed by atoms with Crippen molar-refractivity contribution in [1.82, 2.24) is 9.55 Å². The number of para-hydroxylation sites is 1. The van der Waals surface area contributed by atoms with E-state index in [0.717, 1.165) is 22.5 Å². The van der Waals surface area contributed by atoms with E-state index in [4.69, 9.17) is 4.74 Å². The Morgan fingerprint density at radius 1 is 1.43 bits per heavy atom. The highest BCUT2D eigenvalue weighted by atomic mass is 16.6. The fraction of sp³-hybridized carbons (Fsp3) is 0.235. The highest BCUT2D eigenvalue weighted by Crippen LogP contribution is 2.35. The van der Waals surface area contributed by atoms with Crippen LogP contribution in [0.3, 0.4) is 0 Å². The molecule has 1 unspecified atom stereocenters. The number of imidazole rings is 1. The van der Waals surface area contributed by atoms with Gasteiger partial charge in [0.2, 0.25) is 0 Å². The minimum atomic E-state index is -0.317. The van der Waals surface area contributed by atoms with Crippen LogP contribution in [0.15, 0.2) is 48.1 Å². The number of carbonyl (C=O) groups is 1. The van der Waals surface area contributed by atoms with Crippen LogP contribution in [0, 0.1) is 6.92 Å². The van der Waals surface area contributed by atoms with E-state index in [1.807, 2.05) is 23.6 Å². The number of amides is 1. The van der Waals surface area contributed by atoms with Gasteiger partial charge >= 0.3 is 6.09 Å². The molecule has 2 aromatic rings. The molecule has 6 nitrogen and oxygen atoms in total. The van der Waals surface area contributed by atoms with Gasteiger partial charge in [0.05, 0.1) is 42.3 Å². The van der Waals surface area contributed by atoms with E-state index in [1.54, 1.807) is 24.9 Å². The number of hydrogen-bond donors (Lipinski definition) is 0. The summed E-state index contributed by atoms with van der Waals surface area (Å²) >= 11 is 0. The minimum Gasteiger partial charge on any atom is -0.420 e. The number of aryl methyl sites for hydroxylation is 1. The first-order chi connectivity index (χ1) is 11.2. The lowest BCUT2D eigenvalue weighted by molar-refractivity contribution is -0.723. The van der Waals surface area contributed by atoms with Gasteiger partial charge in [0.25, 0.3) is 5.84 Å². The van der Waals surface area contributed by atoms with E-state index in [1.165, 1.54) is 0 Å². The van der Waals surface area contributed by atoms with Gasteiger partial charge in [0.1, 0.15) is 12.7 Å². The lowest BCUT2D eigenvalue weighted by atomic mass is 10.1. The van der Waals surface area contributed by atoms with Gasteiger partial charge in [-0.05, 0) is 25.5 Å². The summed E-state index contributed by atoms with van der Waals surface area (Å²) in [5.74, 6) is 0.700. The third-order valence-corrected chi connectivity index (χ3v) is 4.34. The quantitative estimate of drug-likeness (QED) is 0.761. The summed E-state index contributed by atoms with van der Waals surface area (Å²) in [5.41, 5.74) is 4.01. The molecule has 1 amide bonds. The second kappa shape index (κ2) is 4.89. The van der Waals surface area contributed by atoms with Gasteiger partial charge in [-0.3, -0.25) is 4.57 Å². The Labute approximate surface area is 133 Å². The highest BCUT2D eigenvalue weighted by molar-refractivity contribution is 6.03. The monoisotopic (exact) mass is 309 g/mol. The van der Waals surface area contributed by atoms with Crippen molar-refractivity contribution in [2.45, 2.75) is 20.4 Å². The van der Waals surface area contributed by atoms with Crippen LogP contribution in [-0.2, 0) is 11.3 Å². The van der Waals surface area contributed by atoms with Crippen LogP contribution in [0.2, 0.25) is 0 Å². The fourth-order valence-corrected chi connectivity index (χ4v) is 3.31. The van der Waals surface area contributed by atoms with Crippen molar-refractivity contribution in [1.29, 1.82) is 0 Å². The maximum absolute atomic E-state index is 12.8. The van der Waals surface area contributed by atoms with Crippen LogP contribution in [-0.4, -0.2) is 32.6 Å². The molecule has 0 N–H and O–H groups in total. The van der Waals surface area contributed by atoms with E-state index < -0.39 is 0 Å². The van der Waals surface area contributed by atoms with Crippen LogP contribution >= 0.6 is 0 Å². The molecule has 116 valence electrons. The van der Waals surface area contributed by atoms with Crippen molar-refractivity contribution in [2.24, 2.45) is 4.99 Å². The molecule has 3 heterocycles. The van der Waals surface area contributed by atoms with E-state index in [0.29, 0.717) is 19.0 Å². The minimum absolute atomic E-state index is 0.0595. The smallest absolute Gasteiger partial charge is 0.420 e. The Morgan fingerprint density at radius 2 is 2.30 bits per heavy atom. The van der Waals surface area contributed by atoms with Crippen molar-refractivity contribution < 1.29 is 14.0 Å². The number of aromatic nitrogens is 2. The zero-order valence-corrected chi connectivity index (χ0v) is 13.1. The van der Waals surface area contributed by atoms with Gasteiger partial charge in [-0.15, -0.1) is 4.48 Å². The largest absolute Gasteiger partial charge is 0.527 e. The number of fused-ring (bicyclic) bond motifs is 5. The number of amidine groups is 1. The summed E-state index contributed by atoms with van der Waals surface area (Å²) in [6, 6.07) is 6.03. The van der Waals surface area contributed by atoms with Gasteiger partial charge in [-0.2, -0.15) is 9.79 Å². The standard InChI is InChI=1S/C17H17N4O2/c1-3-23-17(22)21-8-7-19-16(21)14-6-4-5-12(2)15(14)20-11-18-9-13(20)10-21/h4-9,11H,3,10H2,1-2H3/q+1. The number of benzene rings is 1. The van der Waals surface area contributed by atoms with E-state index >= 15 is 0 Å². The number of nitrogens with zero attached hydrogens (tertiary/aromatic N) is 4. The predicted octanol–water partition coefficient (Wildman–Crippen LogP) is 2.90. The zero-order valence-electron chi connectivity index (χ0n) is 13.1. The number of ether oxygens (including phenoxy) is 1. The van der Waals surface area contributed by atoms with Crippen molar-refractivity contribution in [3.63, 3.8) is 0 Å². The van der Waals surface area contributed by atoms with Crippen molar-refractivity contribution in [3.05, 3.63) is 59.9 Å². The van der Waals surface area contributed by atoms with E-state index in [9.17, 15) is 4.79 Å². The molecule has 0 fully saturated rings. The van der Waals surface area contributed by atoms with Crippen LogP contribution in [0.1, 0.15) is 23.7 Å². The molecule has 23 heavy (non-hydrogen) atoms. The molecule has 1 aromatic carbocycles. The lowest BCUT2D eigenvalue weighted by Crippen LogP contribution is -2.50. The summed E-state index contributed by atoms with van der Waals surface area (Å²) in [6.07, 6.45) is 6.74. The first-order valence-corrected chi connectivity index (χ1v) is 7.60. The summed E-state index contributed by atoms with van der Waals surface area (Å²) in [6.45, 7) is 4.63. The molecule has 0 bridgehead atoms. The van der Waals surface area contributed by atoms with Gasteiger partial charge < -0.3 is 4.74 Å². The summed E-state index contributed by atoms with van der Waals surface area (Å²) in [7, 11) is 0. The molecule has 0 aliphatic carbocycles. The maximum Gasteiger partial charge on any atom is 0.527 e. The van der Waals surface area contributed by atoms with Crippen molar-refractivity contribution in [2.75, 3.05) is 6.61 Å².